The van der Waals surface area contributed by atoms with Crippen molar-refractivity contribution in [2.75, 3.05) is 6.54 Å². The third kappa shape index (κ3) is 2.42. The number of hydrogen-bond donors (Lipinski definition) is 1. The quantitative estimate of drug-likeness (QED) is 0.919. The Morgan fingerprint density at radius 2 is 2.26 bits per heavy atom. The van der Waals surface area contributed by atoms with Crippen LogP contribution in [0.5, 0.6) is 5.88 Å². The maximum Gasteiger partial charge on any atom is 0.218 e. The zero-order valence-corrected chi connectivity index (χ0v) is 11.7. The molecule has 1 saturated heterocycles. The summed E-state index contributed by atoms with van der Waals surface area (Å²) >= 11 is 0. The number of aromatic nitrogens is 3. The van der Waals surface area contributed by atoms with Gasteiger partial charge in [-0.2, -0.15) is 9.61 Å². The van der Waals surface area contributed by atoms with Crippen LogP contribution in [0.15, 0.2) is 12.1 Å². The van der Waals surface area contributed by atoms with Crippen molar-refractivity contribution in [3.05, 3.63) is 23.5 Å². The highest BCUT2D eigenvalue weighted by atomic mass is 16.5. The second kappa shape index (κ2) is 4.81. The lowest BCUT2D eigenvalue weighted by atomic mass is 10.2. The van der Waals surface area contributed by atoms with Crippen molar-refractivity contribution in [3.63, 3.8) is 0 Å². The molecular formula is C14H20N4O. The summed E-state index contributed by atoms with van der Waals surface area (Å²) in [5.41, 5.74) is 2.87. The summed E-state index contributed by atoms with van der Waals surface area (Å²) in [4.78, 5) is 4.53. The fourth-order valence-corrected chi connectivity index (χ4v) is 2.52. The Hall–Kier alpha value is -1.62. The van der Waals surface area contributed by atoms with Gasteiger partial charge in [0.05, 0.1) is 17.8 Å². The molecule has 0 amide bonds. The van der Waals surface area contributed by atoms with Crippen LogP contribution in [0.1, 0.15) is 44.1 Å². The average Bonchev–Trinajstić information content (AvgIpc) is 2.94. The molecule has 1 atom stereocenters. The summed E-state index contributed by atoms with van der Waals surface area (Å²) in [7, 11) is 0. The molecule has 19 heavy (non-hydrogen) atoms. The van der Waals surface area contributed by atoms with E-state index in [0.717, 1.165) is 35.9 Å². The molecule has 2 aromatic rings. The number of nitrogens with zero attached hydrogens (tertiary/aromatic N) is 3. The molecular weight excluding hydrogens is 240 g/mol. The molecule has 2 aromatic heterocycles. The van der Waals surface area contributed by atoms with E-state index in [1.165, 1.54) is 6.42 Å². The maximum absolute atomic E-state index is 5.82. The van der Waals surface area contributed by atoms with Crippen molar-refractivity contribution in [1.82, 2.24) is 19.9 Å². The van der Waals surface area contributed by atoms with Gasteiger partial charge in [-0.05, 0) is 40.2 Å². The highest BCUT2D eigenvalue weighted by Gasteiger charge is 2.20. The topological polar surface area (TPSA) is 51.5 Å². The number of aryl methyl sites for hydroxylation is 1. The number of rotatable bonds is 3. The van der Waals surface area contributed by atoms with Crippen molar-refractivity contribution in [2.45, 2.75) is 45.8 Å². The highest BCUT2D eigenvalue weighted by Crippen LogP contribution is 2.25. The number of nitrogens with one attached hydrogen (secondary N) is 1. The molecule has 0 bridgehead atoms. The molecule has 5 nitrogen and oxygen atoms in total. The van der Waals surface area contributed by atoms with Gasteiger partial charge in [-0.3, -0.25) is 0 Å². The number of fused-ring (bicyclic) bond motifs is 1. The minimum Gasteiger partial charge on any atom is -0.475 e. The van der Waals surface area contributed by atoms with Crippen molar-refractivity contribution in [3.8, 4) is 5.88 Å². The lowest BCUT2D eigenvalue weighted by Crippen LogP contribution is -2.14. The van der Waals surface area contributed by atoms with Crippen molar-refractivity contribution in [1.29, 1.82) is 0 Å². The Morgan fingerprint density at radius 3 is 2.95 bits per heavy atom. The van der Waals surface area contributed by atoms with E-state index in [2.05, 4.69) is 21.5 Å². The van der Waals surface area contributed by atoms with E-state index in [1.54, 1.807) is 0 Å². The van der Waals surface area contributed by atoms with E-state index in [0.29, 0.717) is 6.04 Å². The molecule has 1 N–H and O–H groups in total. The van der Waals surface area contributed by atoms with E-state index < -0.39 is 0 Å². The Labute approximate surface area is 113 Å². The zero-order valence-electron chi connectivity index (χ0n) is 11.7. The van der Waals surface area contributed by atoms with Gasteiger partial charge in [-0.1, -0.05) is 0 Å². The molecule has 0 aliphatic carbocycles. The summed E-state index contributed by atoms with van der Waals surface area (Å²) in [6.07, 6.45) is 2.48. The van der Waals surface area contributed by atoms with Crippen LogP contribution in [0, 0.1) is 6.92 Å². The molecule has 102 valence electrons. The van der Waals surface area contributed by atoms with E-state index in [4.69, 9.17) is 4.74 Å². The van der Waals surface area contributed by atoms with Crippen LogP contribution in [-0.2, 0) is 0 Å². The second-order valence-electron chi connectivity index (χ2n) is 5.39. The summed E-state index contributed by atoms with van der Waals surface area (Å²) in [5.74, 6) is 0.766. The van der Waals surface area contributed by atoms with Gasteiger partial charge in [-0.15, -0.1) is 0 Å². The van der Waals surface area contributed by atoms with Crippen LogP contribution < -0.4 is 10.1 Å². The Morgan fingerprint density at radius 1 is 1.42 bits per heavy atom. The van der Waals surface area contributed by atoms with Gasteiger partial charge in [0.2, 0.25) is 5.88 Å². The molecule has 1 fully saturated rings. The minimum absolute atomic E-state index is 0.127. The SMILES string of the molecule is Cc1cc(OC(C)C)n2nc(C3CCCN3)cc2n1. The molecule has 1 aliphatic rings. The average molecular weight is 260 g/mol. The lowest BCUT2D eigenvalue weighted by Gasteiger charge is -2.11. The zero-order chi connectivity index (χ0) is 13.4. The summed E-state index contributed by atoms with van der Waals surface area (Å²) in [6.45, 7) is 7.09. The lowest BCUT2D eigenvalue weighted by molar-refractivity contribution is 0.226. The van der Waals surface area contributed by atoms with Crippen LogP contribution in [0.2, 0.25) is 0 Å². The summed E-state index contributed by atoms with van der Waals surface area (Å²) in [6, 6.07) is 4.35. The Kier molecular flexibility index (Phi) is 3.14. The standard InChI is InChI=1S/C14H20N4O/c1-9(2)19-14-7-10(3)16-13-8-12(17-18(13)14)11-5-4-6-15-11/h7-9,11,15H,4-6H2,1-3H3. The first kappa shape index (κ1) is 12.4. The molecule has 0 spiro atoms. The van der Waals surface area contributed by atoms with Crippen molar-refractivity contribution in [2.24, 2.45) is 0 Å². The molecule has 5 heteroatoms. The highest BCUT2D eigenvalue weighted by molar-refractivity contribution is 5.44. The monoisotopic (exact) mass is 260 g/mol. The minimum atomic E-state index is 0.127. The van der Waals surface area contributed by atoms with Gasteiger partial charge in [0.15, 0.2) is 5.65 Å². The van der Waals surface area contributed by atoms with E-state index in [9.17, 15) is 0 Å². The van der Waals surface area contributed by atoms with Gasteiger partial charge in [0.1, 0.15) is 0 Å². The van der Waals surface area contributed by atoms with E-state index in [1.807, 2.05) is 31.4 Å². The third-order valence-corrected chi connectivity index (χ3v) is 3.32. The first-order chi connectivity index (χ1) is 9.13. The first-order valence-electron chi connectivity index (χ1n) is 6.91. The third-order valence-electron chi connectivity index (χ3n) is 3.32. The summed E-state index contributed by atoms with van der Waals surface area (Å²) in [5, 5.41) is 8.12. The normalized spacial score (nSPS) is 19.5. The van der Waals surface area contributed by atoms with Crippen LogP contribution >= 0.6 is 0 Å². The van der Waals surface area contributed by atoms with Crippen molar-refractivity contribution >= 4 is 5.65 Å². The molecule has 0 aromatic carbocycles. The van der Waals surface area contributed by atoms with Crippen LogP contribution in [0.25, 0.3) is 5.65 Å². The van der Waals surface area contributed by atoms with Crippen LogP contribution in [-0.4, -0.2) is 27.2 Å². The maximum atomic E-state index is 5.82. The molecule has 1 aliphatic heterocycles. The summed E-state index contributed by atoms with van der Waals surface area (Å²) < 4.78 is 7.63. The van der Waals surface area contributed by atoms with Crippen LogP contribution in [0.4, 0.5) is 0 Å². The predicted octanol–water partition coefficient (Wildman–Crippen LogP) is 2.25. The van der Waals surface area contributed by atoms with Gasteiger partial charge in [-0.25, -0.2) is 4.98 Å². The molecule has 3 heterocycles. The Balaban J connectivity index is 2.05. The first-order valence-corrected chi connectivity index (χ1v) is 6.91. The predicted molar refractivity (Wildman–Crippen MR) is 73.5 cm³/mol. The molecule has 3 rings (SSSR count). The van der Waals surface area contributed by atoms with Gasteiger partial charge >= 0.3 is 0 Å². The van der Waals surface area contributed by atoms with E-state index >= 15 is 0 Å². The fourth-order valence-electron chi connectivity index (χ4n) is 2.52. The number of ether oxygens (including phenoxy) is 1. The number of hydrogen-bond acceptors (Lipinski definition) is 4. The van der Waals surface area contributed by atoms with Gasteiger partial charge < -0.3 is 10.1 Å². The smallest absolute Gasteiger partial charge is 0.218 e. The van der Waals surface area contributed by atoms with Gasteiger partial charge in [0.25, 0.3) is 0 Å². The molecule has 0 saturated carbocycles. The fraction of sp³-hybridized carbons (Fsp3) is 0.571. The molecule has 1 unspecified atom stereocenters. The van der Waals surface area contributed by atoms with Gasteiger partial charge in [0, 0.05) is 17.8 Å². The van der Waals surface area contributed by atoms with E-state index in [-0.39, 0.29) is 6.10 Å². The molecule has 0 radical (unpaired) electrons. The Bertz CT molecular complexity index is 584. The van der Waals surface area contributed by atoms with Crippen molar-refractivity contribution < 1.29 is 4.74 Å². The largest absolute Gasteiger partial charge is 0.475 e. The van der Waals surface area contributed by atoms with Crippen LogP contribution in [0.3, 0.4) is 0 Å². The second-order valence-corrected chi connectivity index (χ2v) is 5.39.